The average molecular weight is 418 g/mol. The molecule has 154 valence electrons. The zero-order chi connectivity index (χ0) is 21.4. The number of carbonyl (C=O) groups is 3. The molecule has 0 heterocycles. The second kappa shape index (κ2) is 10.5. The maximum Gasteiger partial charge on any atom is 0.312 e. The molecule has 2 aromatic carbocycles. The van der Waals surface area contributed by atoms with Gasteiger partial charge in [0.15, 0.2) is 6.61 Å². The standard InChI is InChI=1S/C21H24ClN3O4/c1-14-7-3-4-8-15(14)12-25(2)19(26)13-29-20(27)11-18(24-21(23)28)16-9-5-6-10-17(16)22/h3-10,18H,11-13H2,1-2H3,(H3,23,24,28). The Kier molecular flexibility index (Phi) is 8.03. The van der Waals surface area contributed by atoms with Crippen molar-refractivity contribution in [3.63, 3.8) is 0 Å². The zero-order valence-corrected chi connectivity index (χ0v) is 17.1. The summed E-state index contributed by atoms with van der Waals surface area (Å²) in [5.41, 5.74) is 7.82. The summed E-state index contributed by atoms with van der Waals surface area (Å²) in [5.74, 6) is -0.986. The number of carbonyl (C=O) groups excluding carboxylic acids is 3. The van der Waals surface area contributed by atoms with Gasteiger partial charge in [-0.25, -0.2) is 4.79 Å². The second-order valence-corrected chi connectivity index (χ2v) is 7.03. The molecule has 1 atom stereocenters. The molecule has 0 fully saturated rings. The smallest absolute Gasteiger partial charge is 0.312 e. The molecule has 1 unspecified atom stereocenters. The van der Waals surface area contributed by atoms with Crippen molar-refractivity contribution in [1.29, 1.82) is 0 Å². The Balaban J connectivity index is 1.92. The van der Waals surface area contributed by atoms with Gasteiger partial charge in [0.25, 0.3) is 5.91 Å². The van der Waals surface area contributed by atoms with Crippen LogP contribution in [0.4, 0.5) is 4.79 Å². The molecule has 2 rings (SSSR count). The van der Waals surface area contributed by atoms with Crippen LogP contribution in [0.25, 0.3) is 0 Å². The number of halogens is 1. The molecule has 0 saturated heterocycles. The first kappa shape index (κ1) is 22.2. The largest absolute Gasteiger partial charge is 0.455 e. The van der Waals surface area contributed by atoms with Crippen LogP contribution in [-0.4, -0.2) is 36.5 Å². The fourth-order valence-corrected chi connectivity index (χ4v) is 3.04. The molecule has 0 aromatic heterocycles. The molecular formula is C21H24ClN3O4. The Labute approximate surface area is 174 Å². The van der Waals surface area contributed by atoms with Crippen LogP contribution in [0, 0.1) is 6.92 Å². The van der Waals surface area contributed by atoms with Gasteiger partial charge in [0.1, 0.15) is 0 Å². The summed E-state index contributed by atoms with van der Waals surface area (Å²) in [6, 6.07) is 13.0. The van der Waals surface area contributed by atoms with E-state index in [1.807, 2.05) is 31.2 Å². The molecule has 0 spiro atoms. The first-order valence-electron chi connectivity index (χ1n) is 9.02. The van der Waals surface area contributed by atoms with Crippen molar-refractivity contribution in [2.75, 3.05) is 13.7 Å². The maximum absolute atomic E-state index is 12.3. The van der Waals surface area contributed by atoms with Crippen LogP contribution >= 0.6 is 11.6 Å². The van der Waals surface area contributed by atoms with Crippen LogP contribution in [-0.2, 0) is 20.9 Å². The third kappa shape index (κ3) is 6.80. The summed E-state index contributed by atoms with van der Waals surface area (Å²) in [4.78, 5) is 37.3. The molecule has 0 bridgehead atoms. The van der Waals surface area contributed by atoms with Crippen molar-refractivity contribution in [1.82, 2.24) is 10.2 Å². The summed E-state index contributed by atoms with van der Waals surface area (Å²) in [6.45, 7) is 1.98. The number of nitrogens with one attached hydrogen (secondary N) is 1. The van der Waals surface area contributed by atoms with E-state index in [1.54, 1.807) is 31.3 Å². The van der Waals surface area contributed by atoms with Gasteiger partial charge in [0, 0.05) is 18.6 Å². The number of ether oxygens (including phenoxy) is 1. The van der Waals surface area contributed by atoms with Gasteiger partial charge in [-0.1, -0.05) is 54.1 Å². The molecule has 0 aliphatic heterocycles. The highest BCUT2D eigenvalue weighted by Crippen LogP contribution is 2.25. The lowest BCUT2D eigenvalue weighted by atomic mass is 10.0. The minimum atomic E-state index is -0.795. The molecule has 0 aliphatic carbocycles. The number of likely N-dealkylation sites (N-methyl/N-ethyl adjacent to an activating group) is 1. The predicted molar refractivity (Wildman–Crippen MR) is 110 cm³/mol. The molecule has 0 radical (unpaired) electrons. The van der Waals surface area contributed by atoms with Crippen LogP contribution in [0.3, 0.4) is 0 Å². The van der Waals surface area contributed by atoms with Gasteiger partial charge in [-0.05, 0) is 29.7 Å². The van der Waals surface area contributed by atoms with Gasteiger partial charge in [-0.15, -0.1) is 0 Å². The molecule has 2 aromatic rings. The van der Waals surface area contributed by atoms with Crippen molar-refractivity contribution in [3.8, 4) is 0 Å². The Morgan fingerprint density at radius 3 is 2.45 bits per heavy atom. The van der Waals surface area contributed by atoms with E-state index < -0.39 is 24.6 Å². The van der Waals surface area contributed by atoms with E-state index in [4.69, 9.17) is 22.1 Å². The number of nitrogens with zero attached hydrogens (tertiary/aromatic N) is 1. The molecule has 0 aliphatic rings. The second-order valence-electron chi connectivity index (χ2n) is 6.62. The van der Waals surface area contributed by atoms with Gasteiger partial charge in [-0.3, -0.25) is 9.59 Å². The number of hydrogen-bond donors (Lipinski definition) is 2. The molecule has 7 nitrogen and oxygen atoms in total. The molecule has 0 saturated carbocycles. The number of aryl methyl sites for hydroxylation is 1. The zero-order valence-electron chi connectivity index (χ0n) is 16.4. The van der Waals surface area contributed by atoms with E-state index in [2.05, 4.69) is 5.32 Å². The number of urea groups is 1. The van der Waals surface area contributed by atoms with E-state index in [9.17, 15) is 14.4 Å². The molecule has 3 N–H and O–H groups in total. The molecule has 3 amide bonds. The number of amides is 3. The monoisotopic (exact) mass is 417 g/mol. The average Bonchev–Trinajstić information content (AvgIpc) is 2.67. The van der Waals surface area contributed by atoms with Gasteiger partial charge in [0.2, 0.25) is 0 Å². The van der Waals surface area contributed by atoms with Crippen molar-refractivity contribution >= 4 is 29.5 Å². The lowest BCUT2D eigenvalue weighted by Crippen LogP contribution is -2.35. The Morgan fingerprint density at radius 1 is 1.14 bits per heavy atom. The quantitative estimate of drug-likeness (QED) is 0.644. The van der Waals surface area contributed by atoms with E-state index in [0.29, 0.717) is 17.1 Å². The molecular weight excluding hydrogens is 394 g/mol. The maximum atomic E-state index is 12.3. The van der Waals surface area contributed by atoms with Gasteiger partial charge in [0.05, 0.1) is 12.5 Å². The number of esters is 1. The Morgan fingerprint density at radius 2 is 1.79 bits per heavy atom. The predicted octanol–water partition coefficient (Wildman–Crippen LogP) is 2.95. The van der Waals surface area contributed by atoms with Crippen LogP contribution in [0.5, 0.6) is 0 Å². The number of benzene rings is 2. The first-order chi connectivity index (χ1) is 13.8. The lowest BCUT2D eigenvalue weighted by Gasteiger charge is -2.20. The van der Waals surface area contributed by atoms with Gasteiger partial charge in [-0.2, -0.15) is 0 Å². The van der Waals surface area contributed by atoms with Crippen LogP contribution in [0.2, 0.25) is 5.02 Å². The highest BCUT2D eigenvalue weighted by atomic mass is 35.5. The summed E-state index contributed by atoms with van der Waals surface area (Å²) < 4.78 is 5.10. The van der Waals surface area contributed by atoms with Gasteiger partial charge < -0.3 is 20.7 Å². The minimum Gasteiger partial charge on any atom is -0.455 e. The van der Waals surface area contributed by atoms with Crippen LogP contribution in [0.15, 0.2) is 48.5 Å². The number of primary amides is 1. The van der Waals surface area contributed by atoms with Crippen molar-refractivity contribution < 1.29 is 19.1 Å². The SMILES string of the molecule is Cc1ccccc1CN(C)C(=O)COC(=O)CC(NC(N)=O)c1ccccc1Cl. The van der Waals surface area contributed by atoms with Gasteiger partial charge >= 0.3 is 12.0 Å². The van der Waals surface area contributed by atoms with Crippen molar-refractivity contribution in [3.05, 3.63) is 70.2 Å². The highest BCUT2D eigenvalue weighted by Gasteiger charge is 2.21. The van der Waals surface area contributed by atoms with Crippen molar-refractivity contribution in [2.45, 2.75) is 25.9 Å². The van der Waals surface area contributed by atoms with E-state index >= 15 is 0 Å². The van der Waals surface area contributed by atoms with E-state index in [0.717, 1.165) is 11.1 Å². The minimum absolute atomic E-state index is 0.207. The fraction of sp³-hybridized carbons (Fsp3) is 0.286. The number of nitrogens with two attached hydrogens (primary N) is 1. The normalized spacial score (nSPS) is 11.4. The fourth-order valence-electron chi connectivity index (χ4n) is 2.78. The number of rotatable bonds is 8. The summed E-state index contributed by atoms with van der Waals surface area (Å²) >= 11 is 6.14. The van der Waals surface area contributed by atoms with E-state index in [-0.39, 0.29) is 12.3 Å². The van der Waals surface area contributed by atoms with Crippen LogP contribution in [0.1, 0.15) is 29.2 Å². The van der Waals surface area contributed by atoms with E-state index in [1.165, 1.54) is 4.90 Å². The highest BCUT2D eigenvalue weighted by molar-refractivity contribution is 6.31. The van der Waals surface area contributed by atoms with Crippen LogP contribution < -0.4 is 11.1 Å². The van der Waals surface area contributed by atoms with Crippen molar-refractivity contribution in [2.24, 2.45) is 5.73 Å². The lowest BCUT2D eigenvalue weighted by molar-refractivity contribution is -0.152. The Bertz CT molecular complexity index is 888. The topological polar surface area (TPSA) is 102 Å². The molecule has 29 heavy (non-hydrogen) atoms. The summed E-state index contributed by atoms with van der Waals surface area (Å²) in [6.07, 6.45) is -0.207. The molecule has 8 heteroatoms. The third-order valence-electron chi connectivity index (χ3n) is 4.42. The summed E-state index contributed by atoms with van der Waals surface area (Å²) in [7, 11) is 1.64. The summed E-state index contributed by atoms with van der Waals surface area (Å²) in [5, 5.41) is 2.86. The third-order valence-corrected chi connectivity index (χ3v) is 4.76. The number of hydrogen-bond acceptors (Lipinski definition) is 4. The first-order valence-corrected chi connectivity index (χ1v) is 9.40. The Hall–Kier alpha value is -3.06.